The third kappa shape index (κ3) is 2.25. The Morgan fingerprint density at radius 3 is 1.46 bits per heavy atom. The van der Waals surface area contributed by atoms with Crippen LogP contribution in [0.1, 0.15) is 48.5 Å². The van der Waals surface area contributed by atoms with E-state index in [0.29, 0.717) is 10.8 Å². The minimum atomic E-state index is 0.388. The van der Waals surface area contributed by atoms with Gasteiger partial charge >= 0.3 is 0 Å². The zero-order valence-corrected chi connectivity index (χ0v) is 10.4. The first-order valence-corrected chi connectivity index (χ1v) is 5.48. The fourth-order valence-electron chi connectivity index (χ4n) is 1.95. The molecule has 1 rings (SSSR count). The van der Waals surface area contributed by atoms with Crippen molar-refractivity contribution in [3.8, 4) is 0 Å². The first-order valence-electron chi connectivity index (χ1n) is 5.48. The maximum absolute atomic E-state index is 5.33. The molecule has 1 heterocycles. The molecular formula is C12H26O. The van der Waals surface area contributed by atoms with Crippen LogP contribution in [0.4, 0.5) is 0 Å². The average Bonchev–Trinajstić information content (AvgIpc) is 1.84. The van der Waals surface area contributed by atoms with Crippen molar-refractivity contribution in [3.63, 3.8) is 0 Å². The zero-order chi connectivity index (χ0) is 10.7. The Bertz CT molecular complexity index is 138. The van der Waals surface area contributed by atoms with Gasteiger partial charge in [-0.3, -0.25) is 0 Å². The fourth-order valence-corrected chi connectivity index (χ4v) is 1.95. The summed E-state index contributed by atoms with van der Waals surface area (Å²) in [5, 5.41) is 0. The Morgan fingerprint density at radius 1 is 1.08 bits per heavy atom. The van der Waals surface area contributed by atoms with Crippen molar-refractivity contribution >= 4 is 0 Å². The standard InChI is InChI=1S/C10H20O.C2H6/c1-8(2)10(6-11-7-10)9(3,4)5;1-2/h8H,6-7H2,1-5H3;1-2H3. The third-order valence-electron chi connectivity index (χ3n) is 3.32. The van der Waals surface area contributed by atoms with Gasteiger partial charge in [0.05, 0.1) is 13.2 Å². The fraction of sp³-hybridized carbons (Fsp3) is 1.00. The van der Waals surface area contributed by atoms with Gasteiger partial charge in [-0.15, -0.1) is 0 Å². The summed E-state index contributed by atoms with van der Waals surface area (Å²) < 4.78 is 5.33. The lowest BCUT2D eigenvalue weighted by atomic mass is 9.59. The van der Waals surface area contributed by atoms with Crippen molar-refractivity contribution in [2.75, 3.05) is 13.2 Å². The van der Waals surface area contributed by atoms with E-state index >= 15 is 0 Å². The summed E-state index contributed by atoms with van der Waals surface area (Å²) in [6, 6.07) is 0. The number of ether oxygens (including phenoxy) is 1. The Labute approximate surface area is 83.9 Å². The average molecular weight is 186 g/mol. The van der Waals surface area contributed by atoms with Crippen LogP contribution in [0, 0.1) is 16.7 Å². The van der Waals surface area contributed by atoms with Crippen LogP contribution in [0.5, 0.6) is 0 Å². The SMILES string of the molecule is CC.CC(C)C1(C(C)(C)C)COC1. The summed E-state index contributed by atoms with van der Waals surface area (Å²) in [7, 11) is 0. The Hall–Kier alpha value is -0.0400. The first-order chi connectivity index (χ1) is 5.90. The molecule has 0 unspecified atom stereocenters. The monoisotopic (exact) mass is 186 g/mol. The molecule has 0 aromatic rings. The second-order valence-electron chi connectivity index (χ2n) is 5.05. The lowest BCUT2D eigenvalue weighted by Crippen LogP contribution is -2.55. The molecule has 0 aromatic heterocycles. The molecule has 0 amide bonds. The molecular weight excluding hydrogens is 160 g/mol. The van der Waals surface area contributed by atoms with Crippen LogP contribution in [0.15, 0.2) is 0 Å². The van der Waals surface area contributed by atoms with Crippen LogP contribution in [0.2, 0.25) is 0 Å². The van der Waals surface area contributed by atoms with E-state index in [-0.39, 0.29) is 0 Å². The van der Waals surface area contributed by atoms with Gasteiger partial charge in [0.25, 0.3) is 0 Å². The van der Waals surface area contributed by atoms with Gasteiger partial charge in [-0.1, -0.05) is 48.5 Å². The topological polar surface area (TPSA) is 9.23 Å². The predicted molar refractivity (Wildman–Crippen MR) is 58.9 cm³/mol. The highest BCUT2D eigenvalue weighted by molar-refractivity contribution is 4.97. The van der Waals surface area contributed by atoms with Crippen LogP contribution in [0.3, 0.4) is 0 Å². The molecule has 80 valence electrons. The van der Waals surface area contributed by atoms with Gasteiger partial charge in [0.2, 0.25) is 0 Å². The summed E-state index contributed by atoms with van der Waals surface area (Å²) in [5.41, 5.74) is 0.826. The summed E-state index contributed by atoms with van der Waals surface area (Å²) in [6.45, 7) is 17.4. The lowest BCUT2D eigenvalue weighted by Gasteiger charge is -2.54. The van der Waals surface area contributed by atoms with E-state index in [4.69, 9.17) is 4.74 Å². The molecule has 0 spiro atoms. The van der Waals surface area contributed by atoms with E-state index in [1.54, 1.807) is 0 Å². The molecule has 0 N–H and O–H groups in total. The number of rotatable bonds is 1. The highest BCUT2D eigenvalue weighted by Gasteiger charge is 2.50. The summed E-state index contributed by atoms with van der Waals surface area (Å²) in [6.07, 6.45) is 0. The van der Waals surface area contributed by atoms with E-state index in [1.165, 1.54) is 0 Å². The molecule has 1 saturated heterocycles. The molecule has 1 nitrogen and oxygen atoms in total. The minimum absolute atomic E-state index is 0.388. The van der Waals surface area contributed by atoms with Crippen LogP contribution < -0.4 is 0 Å². The molecule has 0 atom stereocenters. The lowest BCUT2D eigenvalue weighted by molar-refractivity contribution is -0.195. The number of hydrogen-bond acceptors (Lipinski definition) is 1. The van der Waals surface area contributed by atoms with Crippen LogP contribution in [-0.4, -0.2) is 13.2 Å². The van der Waals surface area contributed by atoms with Gasteiger partial charge in [0, 0.05) is 5.41 Å². The van der Waals surface area contributed by atoms with E-state index in [1.807, 2.05) is 13.8 Å². The van der Waals surface area contributed by atoms with E-state index < -0.39 is 0 Å². The quantitative estimate of drug-likeness (QED) is 0.606. The maximum Gasteiger partial charge on any atom is 0.0552 e. The van der Waals surface area contributed by atoms with Crippen molar-refractivity contribution < 1.29 is 4.74 Å². The molecule has 0 aromatic carbocycles. The molecule has 1 aliphatic heterocycles. The molecule has 1 aliphatic rings. The van der Waals surface area contributed by atoms with Crippen molar-refractivity contribution in [2.45, 2.75) is 48.5 Å². The van der Waals surface area contributed by atoms with Crippen molar-refractivity contribution in [2.24, 2.45) is 16.7 Å². The van der Waals surface area contributed by atoms with Crippen molar-refractivity contribution in [1.82, 2.24) is 0 Å². The van der Waals surface area contributed by atoms with Crippen LogP contribution in [-0.2, 0) is 4.74 Å². The Morgan fingerprint density at radius 2 is 1.46 bits per heavy atom. The third-order valence-corrected chi connectivity index (χ3v) is 3.32. The van der Waals surface area contributed by atoms with Gasteiger partial charge < -0.3 is 4.74 Å². The normalized spacial score (nSPS) is 20.3. The number of hydrogen-bond donors (Lipinski definition) is 0. The molecule has 0 aliphatic carbocycles. The van der Waals surface area contributed by atoms with Crippen molar-refractivity contribution in [3.05, 3.63) is 0 Å². The Balaban J connectivity index is 0.000000671. The highest BCUT2D eigenvalue weighted by Crippen LogP contribution is 2.49. The molecule has 13 heavy (non-hydrogen) atoms. The van der Waals surface area contributed by atoms with Gasteiger partial charge in [-0.2, -0.15) is 0 Å². The predicted octanol–water partition coefficient (Wildman–Crippen LogP) is 3.73. The first kappa shape index (κ1) is 13.0. The van der Waals surface area contributed by atoms with Crippen molar-refractivity contribution in [1.29, 1.82) is 0 Å². The van der Waals surface area contributed by atoms with E-state index in [0.717, 1.165) is 19.1 Å². The summed E-state index contributed by atoms with van der Waals surface area (Å²) in [4.78, 5) is 0. The largest absolute Gasteiger partial charge is 0.380 e. The zero-order valence-electron chi connectivity index (χ0n) is 10.4. The molecule has 1 fully saturated rings. The van der Waals surface area contributed by atoms with Crippen LogP contribution >= 0.6 is 0 Å². The Kier molecular flexibility index (Phi) is 4.44. The van der Waals surface area contributed by atoms with Gasteiger partial charge in [-0.05, 0) is 11.3 Å². The molecule has 0 bridgehead atoms. The molecule has 0 radical (unpaired) electrons. The van der Waals surface area contributed by atoms with E-state index in [2.05, 4.69) is 34.6 Å². The highest BCUT2D eigenvalue weighted by atomic mass is 16.5. The van der Waals surface area contributed by atoms with Gasteiger partial charge in [0.1, 0.15) is 0 Å². The van der Waals surface area contributed by atoms with Gasteiger partial charge in [-0.25, -0.2) is 0 Å². The maximum atomic E-state index is 5.33. The second kappa shape index (κ2) is 4.45. The summed E-state index contributed by atoms with van der Waals surface area (Å²) in [5.74, 6) is 0.733. The van der Waals surface area contributed by atoms with Gasteiger partial charge in [0.15, 0.2) is 0 Å². The summed E-state index contributed by atoms with van der Waals surface area (Å²) >= 11 is 0. The molecule has 0 saturated carbocycles. The smallest absolute Gasteiger partial charge is 0.0552 e. The van der Waals surface area contributed by atoms with Crippen LogP contribution in [0.25, 0.3) is 0 Å². The second-order valence-corrected chi connectivity index (χ2v) is 5.05. The molecule has 1 heteroatoms. The van der Waals surface area contributed by atoms with E-state index in [9.17, 15) is 0 Å². The minimum Gasteiger partial charge on any atom is -0.380 e.